The van der Waals surface area contributed by atoms with Crippen LogP contribution in [0.3, 0.4) is 0 Å². The van der Waals surface area contributed by atoms with E-state index in [-0.39, 0.29) is 24.0 Å². The van der Waals surface area contributed by atoms with Crippen molar-refractivity contribution in [3.63, 3.8) is 0 Å². The maximum Gasteiger partial charge on any atom is 0.300 e. The van der Waals surface area contributed by atoms with Crippen molar-refractivity contribution in [2.24, 2.45) is 0 Å². The van der Waals surface area contributed by atoms with Crippen molar-refractivity contribution >= 4 is 23.1 Å². The molecule has 1 amide bonds. The Bertz CT molecular complexity index is 1470. The van der Waals surface area contributed by atoms with E-state index in [1.807, 2.05) is 39.8 Å². The molecule has 0 aliphatic carbocycles. The molecule has 0 saturated carbocycles. The highest BCUT2D eigenvalue weighted by Gasteiger charge is 2.47. The first-order valence-corrected chi connectivity index (χ1v) is 12.9. The number of ether oxygens (including phenoxy) is 4. The Morgan fingerprint density at radius 3 is 2.44 bits per heavy atom. The second-order valence-corrected chi connectivity index (χ2v) is 9.77. The van der Waals surface area contributed by atoms with Crippen LogP contribution in [0.2, 0.25) is 0 Å². The number of ketones is 1. The van der Waals surface area contributed by atoms with E-state index in [0.717, 1.165) is 5.56 Å². The molecule has 39 heavy (non-hydrogen) atoms. The largest absolute Gasteiger partial charge is 0.507 e. The van der Waals surface area contributed by atoms with Gasteiger partial charge in [0.15, 0.2) is 11.5 Å². The number of carbonyl (C=O) groups excluding carboxylic acids is 2. The first-order chi connectivity index (χ1) is 18.7. The van der Waals surface area contributed by atoms with Crippen molar-refractivity contribution in [3.8, 4) is 23.0 Å². The van der Waals surface area contributed by atoms with E-state index in [9.17, 15) is 14.7 Å². The number of Topliss-reactive ketones (excluding diaryl/α,β-unsaturated/α-hetero) is 1. The van der Waals surface area contributed by atoms with E-state index in [2.05, 4.69) is 0 Å². The molecule has 3 aromatic rings. The third kappa shape index (κ3) is 4.56. The van der Waals surface area contributed by atoms with Crippen LogP contribution in [0.1, 0.15) is 55.0 Å². The zero-order valence-corrected chi connectivity index (χ0v) is 22.6. The second-order valence-electron chi connectivity index (χ2n) is 9.77. The lowest BCUT2D eigenvalue weighted by atomic mass is 9.91. The fourth-order valence-electron chi connectivity index (χ4n) is 5.09. The Kier molecular flexibility index (Phi) is 6.95. The molecule has 1 atom stereocenters. The fourth-order valence-corrected chi connectivity index (χ4v) is 5.09. The lowest BCUT2D eigenvalue weighted by Gasteiger charge is -2.26. The normalized spacial score (nSPS) is 17.7. The van der Waals surface area contributed by atoms with Gasteiger partial charge in [-0.2, -0.15) is 0 Å². The van der Waals surface area contributed by atoms with Gasteiger partial charge in [0.25, 0.3) is 11.7 Å². The molecule has 5 rings (SSSR count). The molecule has 0 bridgehead atoms. The van der Waals surface area contributed by atoms with Gasteiger partial charge in [0.2, 0.25) is 6.79 Å². The molecule has 202 valence electrons. The molecular formula is C31H31NO7. The molecule has 1 unspecified atom stereocenters. The Morgan fingerprint density at radius 1 is 1.05 bits per heavy atom. The van der Waals surface area contributed by atoms with Gasteiger partial charge in [-0.3, -0.25) is 14.5 Å². The SMILES string of the molecule is CCOc1ccc(C2/C(=C(\O)c3cc(C(C)C)c(OC)cc3C)C(=O)C(=O)N2c2ccc3c(c2)OCO3)cc1. The van der Waals surface area contributed by atoms with E-state index < -0.39 is 17.7 Å². The monoisotopic (exact) mass is 529 g/mol. The summed E-state index contributed by atoms with van der Waals surface area (Å²) < 4.78 is 22.1. The van der Waals surface area contributed by atoms with Crippen LogP contribution in [-0.2, 0) is 9.59 Å². The molecule has 8 heteroatoms. The molecule has 1 N–H and O–H groups in total. The number of aliphatic hydroxyl groups excluding tert-OH is 1. The van der Waals surface area contributed by atoms with Gasteiger partial charge in [-0.05, 0) is 72.9 Å². The Balaban J connectivity index is 1.71. The lowest BCUT2D eigenvalue weighted by molar-refractivity contribution is -0.132. The summed E-state index contributed by atoms with van der Waals surface area (Å²) in [5, 5.41) is 11.7. The van der Waals surface area contributed by atoms with Gasteiger partial charge in [-0.25, -0.2) is 0 Å². The number of aliphatic hydroxyl groups is 1. The van der Waals surface area contributed by atoms with Gasteiger partial charge in [0.05, 0.1) is 25.3 Å². The Hall–Kier alpha value is -4.46. The van der Waals surface area contributed by atoms with E-state index in [0.29, 0.717) is 52.0 Å². The summed E-state index contributed by atoms with van der Waals surface area (Å²) in [7, 11) is 1.60. The van der Waals surface area contributed by atoms with Crippen molar-refractivity contribution in [2.75, 3.05) is 25.4 Å². The number of anilines is 1. The Labute approximate surface area is 227 Å². The van der Waals surface area contributed by atoms with Gasteiger partial charge in [-0.15, -0.1) is 0 Å². The Morgan fingerprint density at radius 2 is 1.77 bits per heavy atom. The number of amides is 1. The van der Waals surface area contributed by atoms with Crippen LogP contribution in [0.4, 0.5) is 5.69 Å². The molecule has 0 spiro atoms. The van der Waals surface area contributed by atoms with Crippen molar-refractivity contribution < 1.29 is 33.6 Å². The third-order valence-corrected chi connectivity index (χ3v) is 7.04. The molecule has 1 saturated heterocycles. The predicted octanol–water partition coefficient (Wildman–Crippen LogP) is 5.88. The molecule has 2 aliphatic heterocycles. The summed E-state index contributed by atoms with van der Waals surface area (Å²) in [6.07, 6.45) is 0. The van der Waals surface area contributed by atoms with Crippen molar-refractivity contribution in [1.29, 1.82) is 0 Å². The van der Waals surface area contributed by atoms with Gasteiger partial charge in [0.1, 0.15) is 17.3 Å². The fraction of sp³-hybridized carbons (Fsp3) is 0.290. The summed E-state index contributed by atoms with van der Waals surface area (Å²) in [5.74, 6) is 0.740. The van der Waals surface area contributed by atoms with Crippen LogP contribution >= 0.6 is 0 Å². The van der Waals surface area contributed by atoms with Crippen LogP contribution in [-0.4, -0.2) is 37.3 Å². The van der Waals surface area contributed by atoms with Crippen LogP contribution in [0.25, 0.3) is 5.76 Å². The summed E-state index contributed by atoms with van der Waals surface area (Å²) in [4.78, 5) is 28.6. The highest BCUT2D eigenvalue weighted by atomic mass is 16.7. The smallest absolute Gasteiger partial charge is 0.300 e. The standard InChI is InChI=1S/C31H31NO7/c1-6-37-21-10-7-19(8-11-21)28-27(29(33)23-15-22(17(2)3)25(36-5)13-18(23)4)30(34)31(35)32(28)20-9-12-24-26(14-20)39-16-38-24/h7-15,17,28,33H,6,16H2,1-5H3/b29-27+. The minimum atomic E-state index is -0.884. The van der Waals surface area contributed by atoms with Gasteiger partial charge >= 0.3 is 0 Å². The number of fused-ring (bicyclic) bond motifs is 1. The number of nitrogens with zero attached hydrogens (tertiary/aromatic N) is 1. The predicted molar refractivity (Wildman–Crippen MR) is 147 cm³/mol. The maximum absolute atomic E-state index is 13.6. The molecular weight excluding hydrogens is 498 g/mol. The molecule has 0 radical (unpaired) electrons. The summed E-state index contributed by atoms with van der Waals surface area (Å²) in [6.45, 7) is 8.36. The topological polar surface area (TPSA) is 94.5 Å². The minimum Gasteiger partial charge on any atom is -0.507 e. The first-order valence-electron chi connectivity index (χ1n) is 12.9. The summed E-state index contributed by atoms with van der Waals surface area (Å²) >= 11 is 0. The average Bonchev–Trinajstić information content (AvgIpc) is 3.50. The van der Waals surface area contributed by atoms with Gasteiger partial charge in [0, 0.05) is 17.3 Å². The van der Waals surface area contributed by atoms with Crippen LogP contribution < -0.4 is 23.8 Å². The molecule has 2 heterocycles. The number of aryl methyl sites for hydroxylation is 1. The lowest BCUT2D eigenvalue weighted by Crippen LogP contribution is -2.29. The molecule has 1 fully saturated rings. The molecule has 2 aliphatic rings. The zero-order valence-electron chi connectivity index (χ0n) is 22.6. The summed E-state index contributed by atoms with van der Waals surface area (Å²) in [5.41, 5.74) is 3.17. The van der Waals surface area contributed by atoms with Gasteiger partial charge in [-0.1, -0.05) is 26.0 Å². The van der Waals surface area contributed by atoms with Crippen molar-refractivity contribution in [3.05, 3.63) is 82.4 Å². The van der Waals surface area contributed by atoms with Crippen molar-refractivity contribution in [1.82, 2.24) is 0 Å². The number of benzene rings is 3. The number of methoxy groups -OCH3 is 1. The molecule has 3 aromatic carbocycles. The number of hydrogen-bond acceptors (Lipinski definition) is 7. The van der Waals surface area contributed by atoms with Crippen LogP contribution in [0.5, 0.6) is 23.0 Å². The average molecular weight is 530 g/mol. The van der Waals surface area contributed by atoms with E-state index in [1.54, 1.807) is 49.6 Å². The van der Waals surface area contributed by atoms with Crippen LogP contribution in [0.15, 0.2) is 60.2 Å². The quantitative estimate of drug-likeness (QED) is 0.232. The highest BCUT2D eigenvalue weighted by Crippen LogP contribution is 2.46. The highest BCUT2D eigenvalue weighted by molar-refractivity contribution is 6.51. The minimum absolute atomic E-state index is 0.00444. The third-order valence-electron chi connectivity index (χ3n) is 7.04. The van der Waals surface area contributed by atoms with Crippen LogP contribution in [0, 0.1) is 6.92 Å². The van der Waals surface area contributed by atoms with E-state index >= 15 is 0 Å². The van der Waals surface area contributed by atoms with Crippen molar-refractivity contribution in [2.45, 2.75) is 39.7 Å². The first kappa shape index (κ1) is 26.2. The second kappa shape index (κ2) is 10.4. The number of rotatable bonds is 7. The summed E-state index contributed by atoms with van der Waals surface area (Å²) in [6, 6.07) is 15.0. The number of hydrogen-bond donors (Lipinski definition) is 1. The zero-order chi connectivity index (χ0) is 27.8. The molecule has 8 nitrogen and oxygen atoms in total. The van der Waals surface area contributed by atoms with Gasteiger partial charge < -0.3 is 24.1 Å². The molecule has 0 aromatic heterocycles. The van der Waals surface area contributed by atoms with E-state index in [4.69, 9.17) is 18.9 Å². The number of carbonyl (C=O) groups is 2. The maximum atomic E-state index is 13.6. The van der Waals surface area contributed by atoms with E-state index in [1.165, 1.54) is 4.90 Å².